The summed E-state index contributed by atoms with van der Waals surface area (Å²) in [5.74, 6) is -3.51. The molecular formula is C28H28F8N2O6S2. The van der Waals surface area contributed by atoms with Crippen LogP contribution in [-0.4, -0.2) is 89.5 Å². The predicted octanol–water partition coefficient (Wildman–Crippen LogP) is 4.30. The highest BCUT2D eigenvalue weighted by atomic mass is 32.2. The average Bonchev–Trinajstić information content (AvgIpc) is 3.43. The molecule has 0 unspecified atom stereocenters. The molecule has 4 rings (SSSR count). The predicted molar refractivity (Wildman–Crippen MR) is 147 cm³/mol. The molecule has 0 aliphatic carbocycles. The fraction of sp³-hybridized carbons (Fsp3) is 0.500. The minimum atomic E-state index is -6.43. The zero-order valence-corrected chi connectivity index (χ0v) is 25.9. The van der Waals surface area contributed by atoms with Crippen LogP contribution >= 0.6 is 0 Å². The number of halogens is 8. The molecule has 2 aliphatic rings. The zero-order valence-electron chi connectivity index (χ0n) is 24.3. The Labute approximate surface area is 259 Å². The monoisotopic (exact) mass is 704 g/mol. The number of sulfone groups is 2. The topological polar surface area (TPSA) is 109 Å². The number of likely N-dealkylation sites (tertiary alicyclic amines) is 1. The molecule has 2 aromatic rings. The van der Waals surface area contributed by atoms with Crippen LogP contribution in [0.2, 0.25) is 0 Å². The lowest BCUT2D eigenvalue weighted by molar-refractivity contribution is -0.348. The Hall–Kier alpha value is -3.28. The van der Waals surface area contributed by atoms with E-state index in [9.17, 15) is 61.5 Å². The van der Waals surface area contributed by atoms with Gasteiger partial charge in [0.05, 0.1) is 16.4 Å². The highest BCUT2D eigenvalue weighted by Gasteiger charge is 2.73. The van der Waals surface area contributed by atoms with Gasteiger partial charge in [0.1, 0.15) is 25.8 Å². The van der Waals surface area contributed by atoms with Gasteiger partial charge in [-0.2, -0.15) is 26.3 Å². The summed E-state index contributed by atoms with van der Waals surface area (Å²) < 4.78 is 159. The summed E-state index contributed by atoms with van der Waals surface area (Å²) in [5.41, 5.74) is -9.96. The first-order valence-electron chi connectivity index (χ1n) is 13.6. The van der Waals surface area contributed by atoms with Crippen LogP contribution in [0.25, 0.3) is 0 Å². The largest absolute Gasteiger partial charge is 0.435 e. The lowest BCUT2D eigenvalue weighted by Crippen LogP contribution is -2.56. The molecule has 2 aliphatic heterocycles. The van der Waals surface area contributed by atoms with Crippen molar-refractivity contribution in [3.05, 3.63) is 65.5 Å². The van der Waals surface area contributed by atoms with Crippen molar-refractivity contribution in [1.29, 1.82) is 0 Å². The van der Waals surface area contributed by atoms with E-state index in [0.29, 0.717) is 12.1 Å². The molecule has 46 heavy (non-hydrogen) atoms. The average molecular weight is 705 g/mol. The number of carbonyl (C=O) groups excluding carboxylic acids is 2. The number of rotatable bonds is 6. The molecule has 0 spiro atoms. The van der Waals surface area contributed by atoms with Gasteiger partial charge in [-0.05, 0) is 49.1 Å². The third-order valence-corrected chi connectivity index (χ3v) is 12.8. The molecular weight excluding hydrogens is 676 g/mol. The SMILES string of the molecule is CN(C)C(=O)C1(C(=O)N2CC[C@](c3ccc(C(F)(C(F)(F)F)C(F)(F)F)cc3)(S(=O)(=O)c3ccc(F)cc3)C2)CCS(=O)(=O)CC1. The molecule has 2 saturated heterocycles. The standard InChI is InChI=1S/C28H28F8N2O6S2/c1-37(2)22(39)24(12-15-45(41,42)16-13-24)23(40)38-14-11-25(17-38,46(43,44)21-9-7-20(29)8-10-21)18-3-5-19(6-4-18)26(30,27(31,32)33)28(34,35)36/h3-10H,11-17H2,1-2H3/t25-/m0/s1. The third kappa shape index (κ3) is 5.64. The molecule has 2 heterocycles. The Balaban J connectivity index is 1.85. The van der Waals surface area contributed by atoms with E-state index in [0.717, 1.165) is 34.1 Å². The van der Waals surface area contributed by atoms with E-state index in [2.05, 4.69) is 0 Å². The first-order valence-corrected chi connectivity index (χ1v) is 16.9. The number of hydrogen-bond donors (Lipinski definition) is 0. The van der Waals surface area contributed by atoms with Gasteiger partial charge in [0.25, 0.3) is 0 Å². The summed E-state index contributed by atoms with van der Waals surface area (Å²) in [4.78, 5) is 28.9. The zero-order chi connectivity index (χ0) is 34.7. The fourth-order valence-corrected chi connectivity index (χ4v) is 9.63. The summed E-state index contributed by atoms with van der Waals surface area (Å²) in [5, 5.41) is 0. The van der Waals surface area contributed by atoms with Gasteiger partial charge in [0.2, 0.25) is 11.8 Å². The fourth-order valence-electron chi connectivity index (χ4n) is 6.03. The third-order valence-electron chi connectivity index (χ3n) is 8.65. The molecule has 2 fully saturated rings. The van der Waals surface area contributed by atoms with Gasteiger partial charge < -0.3 is 9.80 Å². The number of amides is 2. The molecule has 0 radical (unpaired) electrons. The summed E-state index contributed by atoms with van der Waals surface area (Å²) in [6.45, 7) is -1.15. The van der Waals surface area contributed by atoms with Crippen LogP contribution in [0, 0.1) is 11.2 Å². The van der Waals surface area contributed by atoms with E-state index in [-0.39, 0.29) is 18.7 Å². The number of benzene rings is 2. The minimum Gasteiger partial charge on any atom is -0.348 e. The quantitative estimate of drug-likeness (QED) is 0.252. The molecule has 0 saturated carbocycles. The van der Waals surface area contributed by atoms with Gasteiger partial charge in [-0.15, -0.1) is 0 Å². The molecule has 1 atom stereocenters. The van der Waals surface area contributed by atoms with Gasteiger partial charge >= 0.3 is 18.0 Å². The molecule has 0 aromatic heterocycles. The second-order valence-electron chi connectivity index (χ2n) is 11.6. The van der Waals surface area contributed by atoms with E-state index in [4.69, 9.17) is 0 Å². The van der Waals surface area contributed by atoms with E-state index in [1.165, 1.54) is 14.1 Å². The van der Waals surface area contributed by atoms with Crippen LogP contribution in [0.1, 0.15) is 30.4 Å². The van der Waals surface area contributed by atoms with Crippen molar-refractivity contribution in [1.82, 2.24) is 9.80 Å². The van der Waals surface area contributed by atoms with Crippen molar-refractivity contribution in [3.8, 4) is 0 Å². The molecule has 8 nitrogen and oxygen atoms in total. The number of hydrogen-bond acceptors (Lipinski definition) is 6. The Morgan fingerprint density at radius 3 is 1.78 bits per heavy atom. The Morgan fingerprint density at radius 1 is 0.826 bits per heavy atom. The van der Waals surface area contributed by atoms with E-state index < -0.39 is 119 Å². The van der Waals surface area contributed by atoms with Crippen LogP contribution in [0.5, 0.6) is 0 Å². The lowest BCUT2D eigenvalue weighted by Gasteiger charge is -2.39. The molecule has 2 amide bonds. The summed E-state index contributed by atoms with van der Waals surface area (Å²) >= 11 is 0. The Bertz CT molecular complexity index is 1700. The molecule has 2 aromatic carbocycles. The van der Waals surface area contributed by atoms with Crippen molar-refractivity contribution in [3.63, 3.8) is 0 Å². The van der Waals surface area contributed by atoms with Gasteiger partial charge in [-0.3, -0.25) is 9.59 Å². The maximum Gasteiger partial charge on any atom is 0.435 e. The highest BCUT2D eigenvalue weighted by Crippen LogP contribution is 2.54. The second kappa shape index (κ2) is 11.5. The molecule has 0 N–H and O–H groups in total. The van der Waals surface area contributed by atoms with Crippen LogP contribution in [-0.2, 0) is 39.7 Å². The number of alkyl halides is 7. The van der Waals surface area contributed by atoms with Crippen LogP contribution in [0.4, 0.5) is 35.1 Å². The van der Waals surface area contributed by atoms with Gasteiger partial charge in [0, 0.05) is 32.7 Å². The van der Waals surface area contributed by atoms with Gasteiger partial charge in [-0.25, -0.2) is 25.6 Å². The van der Waals surface area contributed by atoms with Crippen molar-refractivity contribution in [2.45, 2.75) is 46.9 Å². The molecule has 0 bridgehead atoms. The molecule has 254 valence electrons. The Kier molecular flexibility index (Phi) is 8.86. The van der Waals surface area contributed by atoms with E-state index in [1.807, 2.05) is 0 Å². The smallest absolute Gasteiger partial charge is 0.348 e. The van der Waals surface area contributed by atoms with Crippen molar-refractivity contribution in [2.75, 3.05) is 38.7 Å². The lowest BCUT2D eigenvalue weighted by atomic mass is 9.79. The maximum absolute atomic E-state index is 14.8. The first-order chi connectivity index (χ1) is 21.0. The summed E-state index contributed by atoms with van der Waals surface area (Å²) in [6, 6.07) is 4.87. The first kappa shape index (κ1) is 35.6. The minimum absolute atomic E-state index is 0.159. The van der Waals surface area contributed by atoms with Crippen molar-refractivity contribution in [2.24, 2.45) is 5.41 Å². The second-order valence-corrected chi connectivity index (χ2v) is 16.2. The highest BCUT2D eigenvalue weighted by molar-refractivity contribution is 7.92. The van der Waals surface area contributed by atoms with E-state index in [1.54, 1.807) is 0 Å². The van der Waals surface area contributed by atoms with Gasteiger partial charge in [0.15, 0.2) is 9.84 Å². The van der Waals surface area contributed by atoms with Crippen LogP contribution < -0.4 is 0 Å². The number of carbonyl (C=O) groups is 2. The Morgan fingerprint density at radius 2 is 1.33 bits per heavy atom. The van der Waals surface area contributed by atoms with Crippen molar-refractivity contribution < 1.29 is 61.5 Å². The van der Waals surface area contributed by atoms with Gasteiger partial charge in [-0.1, -0.05) is 24.3 Å². The van der Waals surface area contributed by atoms with Crippen LogP contribution in [0.3, 0.4) is 0 Å². The number of nitrogens with zero attached hydrogens (tertiary/aromatic N) is 2. The maximum atomic E-state index is 14.8. The van der Waals surface area contributed by atoms with Crippen molar-refractivity contribution >= 4 is 31.5 Å². The normalized spacial score (nSPS) is 22.0. The van der Waals surface area contributed by atoms with E-state index >= 15 is 0 Å². The molecule has 18 heteroatoms. The summed E-state index contributed by atoms with van der Waals surface area (Å²) in [7, 11) is -5.66. The summed E-state index contributed by atoms with van der Waals surface area (Å²) in [6.07, 6.45) is -14.2. The van der Waals surface area contributed by atoms with Crippen LogP contribution in [0.15, 0.2) is 53.4 Å².